The van der Waals surface area contributed by atoms with Crippen molar-refractivity contribution in [1.82, 2.24) is 0 Å². The molecule has 1 unspecified atom stereocenters. The van der Waals surface area contributed by atoms with Crippen LogP contribution < -0.4 is 0 Å². The molecule has 18 heavy (non-hydrogen) atoms. The fraction of sp³-hybridized carbons (Fsp3) is 0.0769. The summed E-state index contributed by atoms with van der Waals surface area (Å²) in [6, 6.07) is 18.4. The molecule has 3 nitrogen and oxygen atoms in total. The van der Waals surface area contributed by atoms with Crippen LogP contribution in [-0.2, 0) is 9.09 Å². The molecule has 2 rings (SSSR count). The molecule has 0 amide bonds. The third-order valence-electron chi connectivity index (χ3n) is 2.44. The second kappa shape index (κ2) is 5.68. The molecule has 5 heteroatoms. The fourth-order valence-electron chi connectivity index (χ4n) is 1.70. The van der Waals surface area contributed by atoms with Crippen molar-refractivity contribution in [2.45, 2.75) is 6.10 Å². The van der Waals surface area contributed by atoms with E-state index in [4.69, 9.17) is 15.8 Å². The Bertz CT molecular complexity index is 499. The van der Waals surface area contributed by atoms with Gasteiger partial charge in [0.05, 0.1) is 0 Å². The zero-order valence-corrected chi connectivity index (χ0v) is 11.1. The Labute approximate surface area is 110 Å². The topological polar surface area (TPSA) is 46.5 Å². The van der Waals surface area contributed by atoms with Gasteiger partial charge in [-0.05, 0) is 11.1 Å². The van der Waals surface area contributed by atoms with Crippen LogP contribution in [0.5, 0.6) is 0 Å². The Morgan fingerprint density at radius 1 is 0.944 bits per heavy atom. The molecule has 0 aliphatic carbocycles. The van der Waals surface area contributed by atoms with Gasteiger partial charge in [-0.15, -0.1) is 0 Å². The molecule has 1 atom stereocenters. The van der Waals surface area contributed by atoms with Crippen LogP contribution in [0, 0.1) is 0 Å². The largest absolute Gasteiger partial charge is 0.422 e. The molecule has 94 valence electrons. The van der Waals surface area contributed by atoms with E-state index in [-0.39, 0.29) is 0 Å². The lowest BCUT2D eigenvalue weighted by Crippen LogP contribution is -2.03. The van der Waals surface area contributed by atoms with Gasteiger partial charge in [0.25, 0.3) is 0 Å². The summed E-state index contributed by atoms with van der Waals surface area (Å²) in [6.07, 6.45) is -0.652. The van der Waals surface area contributed by atoms with Crippen molar-refractivity contribution >= 4 is 18.2 Å². The van der Waals surface area contributed by atoms with Gasteiger partial charge in [0.1, 0.15) is 6.10 Å². The van der Waals surface area contributed by atoms with Crippen molar-refractivity contribution in [3.05, 3.63) is 71.8 Å². The molecule has 0 aliphatic heterocycles. The minimum absolute atomic E-state index is 0.652. The lowest BCUT2D eigenvalue weighted by atomic mass is 10.0. The van der Waals surface area contributed by atoms with Crippen LogP contribution in [0.2, 0.25) is 0 Å². The highest BCUT2D eigenvalue weighted by Crippen LogP contribution is 2.52. The van der Waals surface area contributed by atoms with E-state index in [1.54, 1.807) is 0 Å². The Morgan fingerprint density at radius 2 is 1.33 bits per heavy atom. The summed E-state index contributed by atoms with van der Waals surface area (Å²) in [6.45, 7) is -4.08. The van der Waals surface area contributed by atoms with E-state index in [0.717, 1.165) is 11.1 Å². The van der Waals surface area contributed by atoms with Gasteiger partial charge in [-0.1, -0.05) is 60.7 Å². The summed E-state index contributed by atoms with van der Waals surface area (Å²) in [5.41, 5.74) is 1.55. The van der Waals surface area contributed by atoms with Gasteiger partial charge < -0.3 is 4.89 Å². The van der Waals surface area contributed by atoms with Crippen molar-refractivity contribution in [2.75, 3.05) is 0 Å². The van der Waals surface area contributed by atoms with E-state index in [1.165, 1.54) is 0 Å². The van der Waals surface area contributed by atoms with Crippen LogP contribution >= 0.6 is 18.2 Å². The summed E-state index contributed by atoms with van der Waals surface area (Å²) in [4.78, 5) is 9.21. The standard InChI is InChI=1S/C13H12ClO3P/c14-18(15,16)17-13(11-7-3-1-4-8-11)12-9-5-2-6-10-12/h1-10,13H,(H,15,16). The van der Waals surface area contributed by atoms with Gasteiger partial charge in [-0.25, -0.2) is 4.57 Å². The van der Waals surface area contributed by atoms with Gasteiger partial charge in [0.15, 0.2) is 0 Å². The normalized spacial score (nSPS) is 14.4. The van der Waals surface area contributed by atoms with Gasteiger partial charge in [-0.2, -0.15) is 0 Å². The average molecular weight is 283 g/mol. The van der Waals surface area contributed by atoms with E-state index in [0.29, 0.717) is 0 Å². The van der Waals surface area contributed by atoms with Gasteiger partial charge in [0.2, 0.25) is 0 Å². The smallest absolute Gasteiger partial charge is 0.313 e. The van der Waals surface area contributed by atoms with Crippen LogP contribution in [0.4, 0.5) is 0 Å². The lowest BCUT2D eigenvalue weighted by molar-refractivity contribution is 0.220. The monoisotopic (exact) mass is 282 g/mol. The highest BCUT2D eigenvalue weighted by atomic mass is 35.7. The van der Waals surface area contributed by atoms with Crippen molar-refractivity contribution in [3.63, 3.8) is 0 Å². The second-order valence-corrected chi connectivity index (χ2v) is 6.15. The van der Waals surface area contributed by atoms with E-state index in [1.807, 2.05) is 60.7 Å². The second-order valence-electron chi connectivity index (χ2n) is 3.76. The van der Waals surface area contributed by atoms with Crippen molar-refractivity contribution < 1.29 is 14.0 Å². The average Bonchev–Trinajstić information content (AvgIpc) is 2.37. The molecule has 0 spiro atoms. The maximum absolute atomic E-state index is 11.3. The summed E-state index contributed by atoms with van der Waals surface area (Å²) in [5, 5.41) is 0. The first-order valence-corrected chi connectivity index (χ1v) is 7.85. The van der Waals surface area contributed by atoms with Crippen molar-refractivity contribution in [3.8, 4) is 0 Å². The highest BCUT2D eigenvalue weighted by Gasteiger charge is 2.24. The molecule has 1 N–H and O–H groups in total. The zero-order chi connectivity index (χ0) is 13.0. The SMILES string of the molecule is O=P(O)(Cl)OC(c1ccccc1)c1ccccc1. The minimum Gasteiger partial charge on any atom is -0.313 e. The molecule has 2 aromatic rings. The molecule has 2 aromatic carbocycles. The maximum atomic E-state index is 11.3. The van der Waals surface area contributed by atoms with Crippen molar-refractivity contribution in [1.29, 1.82) is 0 Å². The summed E-state index contributed by atoms with van der Waals surface area (Å²) < 4.78 is 16.4. The molecular formula is C13H12ClO3P. The highest BCUT2D eigenvalue weighted by molar-refractivity contribution is 7.80. The summed E-state index contributed by atoms with van der Waals surface area (Å²) in [7, 11) is 0. The number of rotatable bonds is 4. The number of hydrogen-bond donors (Lipinski definition) is 1. The van der Waals surface area contributed by atoms with Crippen LogP contribution in [0.1, 0.15) is 17.2 Å². The Morgan fingerprint density at radius 3 is 1.67 bits per heavy atom. The van der Waals surface area contributed by atoms with E-state index in [2.05, 4.69) is 0 Å². The molecule has 0 radical (unpaired) electrons. The molecule has 0 heterocycles. The maximum Gasteiger partial charge on any atom is 0.422 e. The zero-order valence-electron chi connectivity index (χ0n) is 9.44. The molecule has 0 saturated carbocycles. The van der Waals surface area contributed by atoms with Crippen LogP contribution in [0.3, 0.4) is 0 Å². The first-order chi connectivity index (χ1) is 8.56. The summed E-state index contributed by atoms with van der Waals surface area (Å²) in [5.74, 6) is 0. The van der Waals surface area contributed by atoms with Gasteiger partial charge >= 0.3 is 6.95 Å². The quantitative estimate of drug-likeness (QED) is 0.858. The predicted molar refractivity (Wildman–Crippen MR) is 71.5 cm³/mol. The van der Waals surface area contributed by atoms with E-state index >= 15 is 0 Å². The first-order valence-electron chi connectivity index (χ1n) is 5.37. The van der Waals surface area contributed by atoms with Crippen LogP contribution in [-0.4, -0.2) is 4.89 Å². The number of halogens is 1. The number of benzene rings is 2. The molecule has 0 aromatic heterocycles. The van der Waals surface area contributed by atoms with E-state index in [9.17, 15) is 9.46 Å². The molecule has 0 saturated heterocycles. The predicted octanol–water partition coefficient (Wildman–Crippen LogP) is 4.13. The Hall–Kier alpha value is -1.12. The Kier molecular flexibility index (Phi) is 4.20. The van der Waals surface area contributed by atoms with Crippen LogP contribution in [0.25, 0.3) is 0 Å². The molecular weight excluding hydrogens is 271 g/mol. The number of hydrogen-bond acceptors (Lipinski definition) is 2. The fourth-order valence-corrected chi connectivity index (χ4v) is 2.44. The third-order valence-corrected chi connectivity index (χ3v) is 3.15. The molecule has 0 bridgehead atoms. The van der Waals surface area contributed by atoms with Crippen LogP contribution in [0.15, 0.2) is 60.7 Å². The summed E-state index contributed by atoms with van der Waals surface area (Å²) >= 11 is 5.32. The lowest BCUT2D eigenvalue weighted by Gasteiger charge is -2.18. The minimum atomic E-state index is -4.08. The van der Waals surface area contributed by atoms with Gasteiger partial charge in [0, 0.05) is 11.2 Å². The molecule has 0 aliphatic rings. The Balaban J connectivity index is 2.39. The first kappa shape index (κ1) is 13.3. The molecule has 0 fully saturated rings. The van der Waals surface area contributed by atoms with E-state index < -0.39 is 13.1 Å². The van der Waals surface area contributed by atoms with Gasteiger partial charge in [-0.3, -0.25) is 4.52 Å². The van der Waals surface area contributed by atoms with Crippen molar-refractivity contribution in [2.24, 2.45) is 0 Å². The third kappa shape index (κ3) is 3.69.